The summed E-state index contributed by atoms with van der Waals surface area (Å²) in [6.07, 6.45) is 4.68. The normalized spacial score (nSPS) is 12.2. The van der Waals surface area contributed by atoms with Gasteiger partial charge in [-0.1, -0.05) is 6.92 Å². The van der Waals surface area contributed by atoms with Gasteiger partial charge in [-0.3, -0.25) is 9.78 Å². The van der Waals surface area contributed by atoms with Crippen molar-refractivity contribution >= 4 is 5.91 Å². The maximum atomic E-state index is 11.9. The molecule has 0 bridgehead atoms. The highest BCUT2D eigenvalue weighted by Gasteiger charge is 2.12. The maximum absolute atomic E-state index is 11.9. The second-order valence-electron chi connectivity index (χ2n) is 3.77. The van der Waals surface area contributed by atoms with Gasteiger partial charge in [0.25, 0.3) is 5.91 Å². The van der Waals surface area contributed by atoms with E-state index in [1.54, 1.807) is 18.5 Å². The minimum absolute atomic E-state index is 0.0182. The van der Waals surface area contributed by atoms with Gasteiger partial charge in [0.15, 0.2) is 0 Å². The molecule has 1 aromatic heterocycles. The summed E-state index contributed by atoms with van der Waals surface area (Å²) in [5, 5.41) is 11.6. The van der Waals surface area contributed by atoms with Gasteiger partial charge in [0.05, 0.1) is 0 Å². The van der Waals surface area contributed by atoms with Crippen molar-refractivity contribution in [2.75, 3.05) is 6.61 Å². The van der Waals surface area contributed by atoms with Gasteiger partial charge in [0.2, 0.25) is 0 Å². The van der Waals surface area contributed by atoms with E-state index in [-0.39, 0.29) is 18.6 Å². The fraction of sp³-hybridized carbons (Fsp3) is 0.500. The van der Waals surface area contributed by atoms with E-state index in [1.807, 2.05) is 13.8 Å². The predicted molar refractivity (Wildman–Crippen MR) is 62.2 cm³/mol. The van der Waals surface area contributed by atoms with Crippen molar-refractivity contribution < 1.29 is 9.90 Å². The molecule has 1 heterocycles. The van der Waals surface area contributed by atoms with Crippen LogP contribution in [0.3, 0.4) is 0 Å². The lowest BCUT2D eigenvalue weighted by Crippen LogP contribution is -2.33. The number of amides is 1. The van der Waals surface area contributed by atoms with Crippen LogP contribution in [0.1, 0.15) is 36.2 Å². The zero-order valence-corrected chi connectivity index (χ0v) is 9.73. The average molecular weight is 222 g/mol. The van der Waals surface area contributed by atoms with E-state index >= 15 is 0 Å². The molecule has 0 radical (unpaired) electrons. The van der Waals surface area contributed by atoms with Gasteiger partial charge in [-0.05, 0) is 31.4 Å². The first kappa shape index (κ1) is 12.6. The molecule has 1 unspecified atom stereocenters. The molecule has 1 aromatic rings. The number of hydrogen-bond donors (Lipinski definition) is 2. The highest BCUT2D eigenvalue weighted by molar-refractivity contribution is 5.95. The number of aliphatic hydroxyl groups excluding tert-OH is 1. The lowest BCUT2D eigenvalue weighted by atomic mass is 10.1. The van der Waals surface area contributed by atoms with Crippen LogP contribution in [0.25, 0.3) is 0 Å². The second kappa shape index (κ2) is 6.23. The molecule has 0 aromatic carbocycles. The SMILES string of the molecule is CCc1cnccc1C(=O)NC(C)CCO. The Balaban J connectivity index is 2.72. The van der Waals surface area contributed by atoms with Crippen molar-refractivity contribution in [1.82, 2.24) is 10.3 Å². The maximum Gasteiger partial charge on any atom is 0.251 e. The summed E-state index contributed by atoms with van der Waals surface area (Å²) < 4.78 is 0. The summed E-state index contributed by atoms with van der Waals surface area (Å²) in [5.74, 6) is -0.0970. The Bertz CT molecular complexity index is 353. The predicted octanol–water partition coefficient (Wildman–Crippen LogP) is 1.14. The third kappa shape index (κ3) is 3.31. The number of aromatic nitrogens is 1. The molecule has 0 fully saturated rings. The molecule has 0 aliphatic rings. The minimum atomic E-state index is -0.0970. The second-order valence-corrected chi connectivity index (χ2v) is 3.77. The van der Waals surface area contributed by atoms with Gasteiger partial charge < -0.3 is 10.4 Å². The summed E-state index contributed by atoms with van der Waals surface area (Å²) in [6.45, 7) is 3.95. The molecule has 0 saturated heterocycles. The van der Waals surface area contributed by atoms with Crippen molar-refractivity contribution in [2.45, 2.75) is 32.7 Å². The summed E-state index contributed by atoms with van der Waals surface area (Å²) in [6, 6.07) is 1.70. The Morgan fingerprint density at radius 2 is 2.38 bits per heavy atom. The van der Waals surface area contributed by atoms with E-state index in [9.17, 15) is 4.79 Å². The average Bonchev–Trinajstić information content (AvgIpc) is 2.29. The van der Waals surface area contributed by atoms with Gasteiger partial charge in [-0.25, -0.2) is 0 Å². The molecule has 0 spiro atoms. The number of aliphatic hydroxyl groups is 1. The van der Waals surface area contributed by atoms with Gasteiger partial charge in [0.1, 0.15) is 0 Å². The van der Waals surface area contributed by atoms with Gasteiger partial charge in [0, 0.05) is 30.6 Å². The van der Waals surface area contributed by atoms with Crippen molar-refractivity contribution in [3.8, 4) is 0 Å². The van der Waals surface area contributed by atoms with Crippen LogP contribution in [0.2, 0.25) is 0 Å². The molecule has 1 amide bonds. The molecule has 1 rings (SSSR count). The minimum Gasteiger partial charge on any atom is -0.396 e. The van der Waals surface area contributed by atoms with Crippen molar-refractivity contribution in [3.63, 3.8) is 0 Å². The summed E-state index contributed by atoms with van der Waals surface area (Å²) in [4.78, 5) is 15.9. The number of pyridine rings is 1. The molecule has 0 saturated carbocycles. The highest BCUT2D eigenvalue weighted by atomic mass is 16.3. The van der Waals surface area contributed by atoms with Crippen LogP contribution in [0, 0.1) is 0 Å². The van der Waals surface area contributed by atoms with Gasteiger partial charge >= 0.3 is 0 Å². The van der Waals surface area contributed by atoms with E-state index in [4.69, 9.17) is 5.11 Å². The Morgan fingerprint density at radius 1 is 1.62 bits per heavy atom. The highest BCUT2D eigenvalue weighted by Crippen LogP contribution is 2.08. The molecule has 0 aliphatic heterocycles. The fourth-order valence-electron chi connectivity index (χ4n) is 1.50. The lowest BCUT2D eigenvalue weighted by molar-refractivity contribution is 0.0933. The molecular formula is C12H18N2O2. The summed E-state index contributed by atoms with van der Waals surface area (Å²) in [7, 11) is 0. The Labute approximate surface area is 95.7 Å². The number of aryl methyl sites for hydroxylation is 1. The van der Waals surface area contributed by atoms with E-state index < -0.39 is 0 Å². The Hall–Kier alpha value is -1.42. The van der Waals surface area contributed by atoms with Crippen LogP contribution < -0.4 is 5.32 Å². The van der Waals surface area contributed by atoms with Crippen molar-refractivity contribution in [1.29, 1.82) is 0 Å². The first-order chi connectivity index (χ1) is 7.69. The van der Waals surface area contributed by atoms with Crippen molar-refractivity contribution in [2.24, 2.45) is 0 Å². The van der Waals surface area contributed by atoms with Crippen LogP contribution >= 0.6 is 0 Å². The molecule has 4 nitrogen and oxygen atoms in total. The first-order valence-electron chi connectivity index (χ1n) is 5.53. The van der Waals surface area contributed by atoms with E-state index in [0.717, 1.165) is 12.0 Å². The lowest BCUT2D eigenvalue weighted by Gasteiger charge is -2.13. The van der Waals surface area contributed by atoms with Gasteiger partial charge in [-0.15, -0.1) is 0 Å². The number of rotatable bonds is 5. The molecule has 0 aliphatic carbocycles. The number of carbonyl (C=O) groups is 1. The summed E-state index contributed by atoms with van der Waals surface area (Å²) >= 11 is 0. The molecule has 4 heteroatoms. The number of hydrogen-bond acceptors (Lipinski definition) is 3. The fourth-order valence-corrected chi connectivity index (χ4v) is 1.50. The summed E-state index contributed by atoms with van der Waals surface area (Å²) in [5.41, 5.74) is 1.61. The Kier molecular flexibility index (Phi) is 4.92. The van der Waals surface area contributed by atoms with E-state index in [1.165, 1.54) is 0 Å². The molecule has 16 heavy (non-hydrogen) atoms. The molecule has 88 valence electrons. The smallest absolute Gasteiger partial charge is 0.251 e. The molecule has 1 atom stereocenters. The van der Waals surface area contributed by atoms with E-state index in [2.05, 4.69) is 10.3 Å². The molecular weight excluding hydrogens is 204 g/mol. The number of nitrogens with one attached hydrogen (secondary N) is 1. The quantitative estimate of drug-likeness (QED) is 0.785. The van der Waals surface area contributed by atoms with E-state index in [0.29, 0.717) is 12.0 Å². The largest absolute Gasteiger partial charge is 0.396 e. The Morgan fingerprint density at radius 3 is 3.00 bits per heavy atom. The zero-order valence-electron chi connectivity index (χ0n) is 9.73. The monoisotopic (exact) mass is 222 g/mol. The number of nitrogens with zero attached hydrogens (tertiary/aromatic N) is 1. The first-order valence-corrected chi connectivity index (χ1v) is 5.53. The van der Waals surface area contributed by atoms with Crippen molar-refractivity contribution in [3.05, 3.63) is 29.6 Å². The van der Waals surface area contributed by atoms with Crippen LogP contribution in [-0.4, -0.2) is 28.6 Å². The standard InChI is InChI=1S/C12H18N2O2/c1-3-10-8-13-6-4-11(10)12(16)14-9(2)5-7-15/h4,6,8-9,15H,3,5,7H2,1-2H3,(H,14,16). The number of carbonyl (C=O) groups excluding carboxylic acids is 1. The van der Waals surface area contributed by atoms with Crippen LogP contribution in [0.4, 0.5) is 0 Å². The van der Waals surface area contributed by atoms with Crippen LogP contribution in [-0.2, 0) is 6.42 Å². The van der Waals surface area contributed by atoms with Crippen LogP contribution in [0.15, 0.2) is 18.5 Å². The zero-order chi connectivity index (χ0) is 12.0. The van der Waals surface area contributed by atoms with Crippen LogP contribution in [0.5, 0.6) is 0 Å². The third-order valence-corrected chi connectivity index (χ3v) is 2.47. The van der Waals surface area contributed by atoms with Gasteiger partial charge in [-0.2, -0.15) is 0 Å². The molecule has 2 N–H and O–H groups in total. The topological polar surface area (TPSA) is 62.2 Å². The third-order valence-electron chi connectivity index (χ3n) is 2.47.